The fourth-order valence-corrected chi connectivity index (χ4v) is 7.67. The first kappa shape index (κ1) is 65.5. The second-order valence-electron chi connectivity index (χ2n) is 20.5. The van der Waals surface area contributed by atoms with Crippen LogP contribution >= 0.6 is 0 Å². The summed E-state index contributed by atoms with van der Waals surface area (Å²) in [5, 5.41) is 17.0. The standard InChI is InChI=1S/C58H84N6O14/c1-37(2)75-41(7)53(69)77-39(5)49(65)57(9,10)73-33-17-13-15-31-59-55(71)63-47-27-19-43(20-28-47)35-61-51(67)45-23-25-46(26-24-45)52(68)62-36-44-21-29-48(30-22-44)64-56(72)60-32-16-14-18-34-74-58(11,12)50(66)40(6)78-54(70)42(8)76-38(3)4/h19-30,37-42H,13-18,31-36H2,1-12H3,(H,61,67)(H,62,68)(H2,59,63,71)(H2,60,64,72). The Kier molecular flexibility index (Phi) is 27.6. The molecule has 0 aliphatic rings. The van der Waals surface area contributed by atoms with Gasteiger partial charge >= 0.3 is 24.0 Å². The highest BCUT2D eigenvalue weighted by atomic mass is 16.6. The van der Waals surface area contributed by atoms with Gasteiger partial charge in [-0.05, 0) is 181 Å². The van der Waals surface area contributed by atoms with E-state index in [1.165, 1.54) is 13.8 Å². The summed E-state index contributed by atoms with van der Waals surface area (Å²) in [4.78, 5) is 101. The number of amides is 6. The second kappa shape index (κ2) is 32.9. The predicted molar refractivity (Wildman–Crippen MR) is 296 cm³/mol. The van der Waals surface area contributed by atoms with Crippen molar-refractivity contribution in [2.24, 2.45) is 0 Å². The number of benzene rings is 3. The fourth-order valence-electron chi connectivity index (χ4n) is 7.67. The molecule has 0 aliphatic heterocycles. The van der Waals surface area contributed by atoms with E-state index in [2.05, 4.69) is 31.9 Å². The molecule has 3 rings (SSSR count). The lowest BCUT2D eigenvalue weighted by Gasteiger charge is -2.27. The van der Waals surface area contributed by atoms with Gasteiger partial charge in [0, 0.05) is 61.9 Å². The summed E-state index contributed by atoms with van der Waals surface area (Å²) in [5.41, 5.74) is 1.23. The Morgan fingerprint density at radius 3 is 1.08 bits per heavy atom. The first-order valence-electron chi connectivity index (χ1n) is 26.8. The van der Waals surface area contributed by atoms with Crippen LogP contribution < -0.4 is 31.9 Å². The molecule has 0 aromatic heterocycles. The highest BCUT2D eigenvalue weighted by Gasteiger charge is 2.36. The lowest BCUT2D eigenvalue weighted by Crippen LogP contribution is -2.44. The molecule has 0 heterocycles. The molecule has 0 fully saturated rings. The van der Waals surface area contributed by atoms with Gasteiger partial charge in [0.15, 0.2) is 24.4 Å². The number of nitrogens with one attached hydrogen (secondary N) is 6. The van der Waals surface area contributed by atoms with Crippen LogP contribution in [0.25, 0.3) is 0 Å². The Hall–Kier alpha value is -6.74. The Morgan fingerprint density at radius 2 is 0.756 bits per heavy atom. The van der Waals surface area contributed by atoms with Crippen LogP contribution in [-0.2, 0) is 60.7 Å². The number of hydrogen-bond acceptors (Lipinski definition) is 14. The molecule has 0 saturated heterocycles. The monoisotopic (exact) mass is 1090 g/mol. The lowest BCUT2D eigenvalue weighted by atomic mass is 9.99. The topological polar surface area (TPSA) is 264 Å². The molecule has 0 spiro atoms. The van der Waals surface area contributed by atoms with Gasteiger partial charge in [-0.1, -0.05) is 24.3 Å². The Bertz CT molecular complexity index is 2240. The number of carbonyl (C=O) groups is 8. The number of esters is 2. The summed E-state index contributed by atoms with van der Waals surface area (Å²) < 4.78 is 33.1. The number of ether oxygens (including phenoxy) is 6. The van der Waals surface area contributed by atoms with Crippen molar-refractivity contribution in [3.05, 3.63) is 95.1 Å². The highest BCUT2D eigenvalue weighted by molar-refractivity contribution is 5.98. The quantitative estimate of drug-likeness (QED) is 0.0243. The van der Waals surface area contributed by atoms with Crippen LogP contribution in [-0.4, -0.2) is 122 Å². The van der Waals surface area contributed by atoms with E-state index in [1.54, 1.807) is 114 Å². The van der Waals surface area contributed by atoms with E-state index in [9.17, 15) is 38.4 Å². The number of urea groups is 2. The molecule has 0 saturated carbocycles. The number of carbonyl (C=O) groups excluding carboxylic acids is 8. The summed E-state index contributed by atoms with van der Waals surface area (Å²) in [6.07, 6.45) is 0.331. The molecule has 6 N–H and O–H groups in total. The third kappa shape index (κ3) is 24.3. The van der Waals surface area contributed by atoms with Gasteiger partial charge in [-0.25, -0.2) is 19.2 Å². The van der Waals surface area contributed by atoms with Gasteiger partial charge in [0.05, 0.1) is 12.2 Å². The molecule has 0 bridgehead atoms. The predicted octanol–water partition coefficient (Wildman–Crippen LogP) is 8.35. The number of rotatable bonds is 34. The molecule has 0 radical (unpaired) electrons. The van der Waals surface area contributed by atoms with Gasteiger partial charge in [0.25, 0.3) is 11.8 Å². The Labute approximate surface area is 459 Å². The van der Waals surface area contributed by atoms with Gasteiger partial charge in [-0.2, -0.15) is 0 Å². The molecule has 3 aromatic carbocycles. The van der Waals surface area contributed by atoms with Gasteiger partial charge in [-0.15, -0.1) is 0 Å². The third-order valence-corrected chi connectivity index (χ3v) is 12.0. The highest BCUT2D eigenvalue weighted by Crippen LogP contribution is 2.19. The lowest BCUT2D eigenvalue weighted by molar-refractivity contribution is -0.172. The average molecular weight is 1090 g/mol. The van der Waals surface area contributed by atoms with Crippen molar-refractivity contribution in [2.75, 3.05) is 36.9 Å². The normalized spacial score (nSPS) is 13.1. The van der Waals surface area contributed by atoms with Crippen molar-refractivity contribution >= 4 is 58.8 Å². The zero-order chi connectivity index (χ0) is 58.0. The van der Waals surface area contributed by atoms with Crippen LogP contribution in [0.15, 0.2) is 72.8 Å². The minimum Gasteiger partial charge on any atom is -0.453 e. The molecule has 430 valence electrons. The summed E-state index contributed by atoms with van der Waals surface area (Å²) in [6, 6.07) is 19.7. The molecule has 3 aromatic rings. The fraction of sp³-hybridized carbons (Fsp3) is 0.552. The van der Waals surface area contributed by atoms with E-state index in [4.69, 9.17) is 28.4 Å². The average Bonchev–Trinajstić information content (AvgIpc) is 3.38. The number of Topliss-reactive ketones (excluding diaryl/α,β-unsaturated/α-hetero) is 2. The molecule has 0 aliphatic carbocycles. The van der Waals surface area contributed by atoms with Crippen molar-refractivity contribution < 1.29 is 66.8 Å². The molecule has 6 amide bonds. The maximum Gasteiger partial charge on any atom is 0.335 e. The number of anilines is 2. The molecule has 4 unspecified atom stereocenters. The van der Waals surface area contributed by atoms with Crippen molar-refractivity contribution in [2.45, 2.75) is 183 Å². The molecule has 20 heteroatoms. The molecule has 78 heavy (non-hydrogen) atoms. The van der Waals surface area contributed by atoms with Crippen LogP contribution in [0.4, 0.5) is 21.0 Å². The van der Waals surface area contributed by atoms with E-state index < -0.39 is 47.6 Å². The van der Waals surface area contributed by atoms with E-state index in [-0.39, 0.29) is 60.7 Å². The second-order valence-corrected chi connectivity index (χ2v) is 20.5. The first-order valence-corrected chi connectivity index (χ1v) is 26.8. The van der Waals surface area contributed by atoms with Crippen LogP contribution in [0, 0.1) is 0 Å². The van der Waals surface area contributed by atoms with Crippen molar-refractivity contribution in [1.29, 1.82) is 0 Å². The maximum atomic E-state index is 12.9. The van der Waals surface area contributed by atoms with Gasteiger partial charge in [-0.3, -0.25) is 19.2 Å². The van der Waals surface area contributed by atoms with Crippen molar-refractivity contribution in [3.8, 4) is 0 Å². The zero-order valence-electron chi connectivity index (χ0n) is 47.6. The maximum absolute atomic E-state index is 12.9. The van der Waals surface area contributed by atoms with Crippen molar-refractivity contribution in [1.82, 2.24) is 21.3 Å². The SMILES string of the molecule is CC(C)OC(C)C(=O)OC(C)C(=O)C(C)(C)OCCCCCNC(=O)Nc1ccc(CNC(=O)c2ccc(C(=O)NCc3ccc(NC(=O)NCCCCCOC(C)(C)C(=O)C(C)OC(=O)C(C)OC(C)C)cc3)cc2)cc1. The molecule has 20 nitrogen and oxygen atoms in total. The van der Waals surface area contributed by atoms with E-state index >= 15 is 0 Å². The molecular weight excluding hydrogens is 1000 g/mol. The van der Waals surface area contributed by atoms with Crippen molar-refractivity contribution in [3.63, 3.8) is 0 Å². The van der Waals surface area contributed by atoms with Crippen LogP contribution in [0.3, 0.4) is 0 Å². The minimum atomic E-state index is -1.15. The number of unbranched alkanes of at least 4 members (excludes halogenated alkanes) is 4. The van der Waals surface area contributed by atoms with Gasteiger partial charge in [0.1, 0.15) is 11.2 Å². The summed E-state index contributed by atoms with van der Waals surface area (Å²) in [6.45, 7) is 22.0. The van der Waals surface area contributed by atoms with E-state index in [0.29, 0.717) is 74.5 Å². The Morgan fingerprint density at radius 1 is 0.423 bits per heavy atom. The van der Waals surface area contributed by atoms with Gasteiger partial charge in [0.2, 0.25) is 11.6 Å². The Balaban J connectivity index is 1.26. The zero-order valence-corrected chi connectivity index (χ0v) is 47.6. The smallest absolute Gasteiger partial charge is 0.335 e. The van der Waals surface area contributed by atoms with Crippen LogP contribution in [0.5, 0.6) is 0 Å². The summed E-state index contributed by atoms with van der Waals surface area (Å²) in [7, 11) is 0. The number of hydrogen-bond donors (Lipinski definition) is 6. The summed E-state index contributed by atoms with van der Waals surface area (Å²) in [5.74, 6) is -2.56. The minimum absolute atomic E-state index is 0.157. The van der Waals surface area contributed by atoms with Crippen LogP contribution in [0.2, 0.25) is 0 Å². The first-order chi connectivity index (χ1) is 36.8. The van der Waals surface area contributed by atoms with Crippen LogP contribution in [0.1, 0.15) is 153 Å². The summed E-state index contributed by atoms with van der Waals surface area (Å²) >= 11 is 0. The third-order valence-electron chi connectivity index (χ3n) is 12.0. The molecular formula is C58H84N6O14. The van der Waals surface area contributed by atoms with E-state index in [1.807, 2.05) is 27.7 Å². The van der Waals surface area contributed by atoms with Gasteiger partial charge < -0.3 is 60.3 Å². The largest absolute Gasteiger partial charge is 0.453 e. The van der Waals surface area contributed by atoms with E-state index in [0.717, 1.165) is 24.0 Å². The molecule has 4 atom stereocenters. The number of ketones is 2.